The zero-order valence-electron chi connectivity index (χ0n) is 26.2. The van der Waals surface area contributed by atoms with Gasteiger partial charge in [-0.2, -0.15) is 0 Å². The number of para-hydroxylation sites is 1. The molecule has 0 radical (unpaired) electrons. The molecule has 0 aliphatic carbocycles. The summed E-state index contributed by atoms with van der Waals surface area (Å²) in [5.41, 5.74) is 8.46. The molecule has 2 aromatic heterocycles. The summed E-state index contributed by atoms with van der Waals surface area (Å²) in [6.45, 7) is 19.7. The minimum atomic E-state index is -0.204. The summed E-state index contributed by atoms with van der Waals surface area (Å²) >= 11 is 1.68. The smallest absolute Gasteiger partial charge is 0.128 e. The van der Waals surface area contributed by atoms with Crippen LogP contribution < -0.4 is 0 Å². The highest BCUT2D eigenvalue weighted by molar-refractivity contribution is 7.21. The van der Waals surface area contributed by atoms with E-state index < -0.39 is 0 Å². The molecule has 3 aromatic carbocycles. The van der Waals surface area contributed by atoms with Crippen molar-refractivity contribution < 1.29 is 5.11 Å². The number of aromatic hydroxyl groups is 1. The van der Waals surface area contributed by atoms with Gasteiger partial charge in [-0.05, 0) is 69.8 Å². The Morgan fingerprint density at radius 3 is 2.05 bits per heavy atom. The van der Waals surface area contributed by atoms with Gasteiger partial charge in [-0.15, -0.1) is 11.3 Å². The molecule has 42 heavy (non-hydrogen) atoms. The van der Waals surface area contributed by atoms with E-state index in [2.05, 4.69) is 97.6 Å². The normalized spacial score (nSPS) is 12.9. The predicted molar refractivity (Wildman–Crippen MR) is 180 cm³/mol. The Balaban J connectivity index is 1.64. The maximum absolute atomic E-state index is 11.3. The maximum Gasteiger partial charge on any atom is 0.128 e. The van der Waals surface area contributed by atoms with Crippen LogP contribution in [0.25, 0.3) is 32.0 Å². The van der Waals surface area contributed by atoms with Gasteiger partial charge in [0.15, 0.2) is 0 Å². The van der Waals surface area contributed by atoms with Gasteiger partial charge in [0.05, 0.1) is 21.6 Å². The first-order valence-electron chi connectivity index (χ1n) is 14.5. The molecule has 5 heteroatoms. The fourth-order valence-electron chi connectivity index (χ4n) is 4.96. The Morgan fingerprint density at radius 1 is 0.738 bits per heavy atom. The number of rotatable bonds is 4. The van der Waals surface area contributed by atoms with Crippen LogP contribution in [0, 0.1) is 0 Å². The maximum atomic E-state index is 11.3. The highest BCUT2D eigenvalue weighted by atomic mass is 32.1. The number of pyridine rings is 1. The van der Waals surface area contributed by atoms with Crippen molar-refractivity contribution in [2.24, 2.45) is 4.99 Å². The number of hydrogen-bond donors (Lipinski definition) is 1. The van der Waals surface area contributed by atoms with Crippen molar-refractivity contribution in [3.63, 3.8) is 0 Å². The van der Waals surface area contributed by atoms with Crippen molar-refractivity contribution in [2.45, 2.75) is 78.6 Å². The molecular weight excluding hydrogens is 534 g/mol. The van der Waals surface area contributed by atoms with Crippen molar-refractivity contribution >= 4 is 33.5 Å². The summed E-state index contributed by atoms with van der Waals surface area (Å²) in [5.74, 6) is 0.284. The summed E-state index contributed by atoms with van der Waals surface area (Å²) in [6, 6.07) is 22.8. The van der Waals surface area contributed by atoms with Gasteiger partial charge in [-0.25, -0.2) is 4.98 Å². The second kappa shape index (κ2) is 10.8. The van der Waals surface area contributed by atoms with Gasteiger partial charge in [-0.1, -0.05) is 86.6 Å². The van der Waals surface area contributed by atoms with E-state index in [1.807, 2.05) is 42.6 Å². The molecular formula is C37H41N3OS. The monoisotopic (exact) mass is 575 g/mol. The van der Waals surface area contributed by atoms with Crippen molar-refractivity contribution in [1.82, 2.24) is 9.97 Å². The first-order valence-corrected chi connectivity index (χ1v) is 15.3. The van der Waals surface area contributed by atoms with Crippen LogP contribution in [0.3, 0.4) is 0 Å². The minimum absolute atomic E-state index is 0.0143. The zero-order chi connectivity index (χ0) is 30.4. The lowest BCUT2D eigenvalue weighted by Gasteiger charge is -2.27. The van der Waals surface area contributed by atoms with Crippen LogP contribution in [0.2, 0.25) is 0 Å². The summed E-state index contributed by atoms with van der Waals surface area (Å²) in [6.07, 6.45) is 3.63. The first kappa shape index (κ1) is 29.7. The van der Waals surface area contributed by atoms with E-state index in [4.69, 9.17) is 9.98 Å². The molecule has 0 bridgehead atoms. The number of fused-ring (bicyclic) bond motifs is 1. The lowest BCUT2D eigenvalue weighted by molar-refractivity contribution is 0.444. The lowest BCUT2D eigenvalue weighted by atomic mass is 9.79. The second-order valence-electron chi connectivity index (χ2n) is 14.1. The molecule has 2 heterocycles. The SMILES string of the molecule is CC(C)(C)c1cc(C=Nc2ccccc2-c2nc3c(-c4ccccn4)cc(C(C)(C)C)cc3s2)c(O)c(C(C)(C)C)c1. The number of aromatic nitrogens is 2. The summed E-state index contributed by atoms with van der Waals surface area (Å²) in [5, 5.41) is 12.2. The molecule has 0 spiro atoms. The molecule has 0 atom stereocenters. The van der Waals surface area contributed by atoms with E-state index in [0.717, 1.165) is 48.9 Å². The molecule has 1 N–H and O–H groups in total. The number of phenols is 1. The van der Waals surface area contributed by atoms with E-state index in [9.17, 15) is 5.11 Å². The molecule has 0 saturated heterocycles. The molecule has 0 aliphatic rings. The van der Waals surface area contributed by atoms with Crippen molar-refractivity contribution in [3.8, 4) is 27.6 Å². The average Bonchev–Trinajstić information content (AvgIpc) is 3.35. The quantitative estimate of drug-likeness (QED) is 0.217. The van der Waals surface area contributed by atoms with E-state index in [-0.39, 0.29) is 22.0 Å². The van der Waals surface area contributed by atoms with Crippen LogP contribution in [0.4, 0.5) is 5.69 Å². The highest BCUT2D eigenvalue weighted by Gasteiger charge is 2.25. The Morgan fingerprint density at radius 2 is 1.40 bits per heavy atom. The topological polar surface area (TPSA) is 58.4 Å². The highest BCUT2D eigenvalue weighted by Crippen LogP contribution is 2.42. The predicted octanol–water partition coefficient (Wildman–Crippen LogP) is 10.4. The Bertz CT molecular complexity index is 1780. The van der Waals surface area contributed by atoms with Gasteiger partial charge in [0.2, 0.25) is 0 Å². The molecule has 5 aromatic rings. The third-order valence-electron chi connectivity index (χ3n) is 7.59. The Hall–Kier alpha value is -3.83. The van der Waals surface area contributed by atoms with E-state index in [0.29, 0.717) is 0 Å². The number of phenolic OH excluding ortho intramolecular Hbond substituents is 1. The average molecular weight is 576 g/mol. The standard InChI is InChI=1S/C37H41N3OS/c1-35(2,3)24-18-23(33(41)28(20-24)37(7,8)9)22-39-29-15-11-10-14-26(29)34-40-32-27(30-16-12-13-17-38-30)19-25(36(4,5)6)21-31(32)42-34/h10-22,41H,1-9H3. The van der Waals surface area contributed by atoms with Gasteiger partial charge < -0.3 is 5.11 Å². The Labute approximate surface area is 254 Å². The zero-order valence-corrected chi connectivity index (χ0v) is 27.0. The number of nitrogens with zero attached hydrogens (tertiary/aromatic N) is 3. The Kier molecular flexibility index (Phi) is 7.61. The molecule has 0 unspecified atom stereocenters. The minimum Gasteiger partial charge on any atom is -0.507 e. The first-order chi connectivity index (χ1) is 19.6. The van der Waals surface area contributed by atoms with Crippen molar-refractivity contribution in [1.29, 1.82) is 0 Å². The fraction of sp³-hybridized carbons (Fsp3) is 0.324. The van der Waals surface area contributed by atoms with Crippen molar-refractivity contribution in [2.75, 3.05) is 0 Å². The fourth-order valence-corrected chi connectivity index (χ4v) is 6.03. The molecule has 4 nitrogen and oxygen atoms in total. The van der Waals surface area contributed by atoms with Crippen LogP contribution >= 0.6 is 11.3 Å². The number of hydrogen-bond acceptors (Lipinski definition) is 5. The summed E-state index contributed by atoms with van der Waals surface area (Å²) in [7, 11) is 0. The lowest BCUT2D eigenvalue weighted by Crippen LogP contribution is -2.17. The molecule has 0 saturated carbocycles. The van der Waals surface area contributed by atoms with Crippen LogP contribution in [-0.2, 0) is 16.2 Å². The molecule has 5 rings (SSSR count). The van der Waals surface area contributed by atoms with Crippen LogP contribution in [0.1, 0.15) is 84.6 Å². The van der Waals surface area contributed by atoms with E-state index in [1.54, 1.807) is 17.6 Å². The van der Waals surface area contributed by atoms with Crippen LogP contribution in [-0.4, -0.2) is 21.3 Å². The summed E-state index contributed by atoms with van der Waals surface area (Å²) in [4.78, 5) is 14.8. The number of benzene rings is 3. The van der Waals surface area contributed by atoms with Gasteiger partial charge in [0.1, 0.15) is 10.8 Å². The molecule has 0 amide bonds. The van der Waals surface area contributed by atoms with Gasteiger partial charge in [0, 0.05) is 34.7 Å². The van der Waals surface area contributed by atoms with Crippen LogP contribution in [0.5, 0.6) is 5.75 Å². The number of aliphatic imine (C=N–C) groups is 1. The van der Waals surface area contributed by atoms with Crippen molar-refractivity contribution in [3.05, 3.63) is 95.2 Å². The molecule has 0 fully saturated rings. The van der Waals surface area contributed by atoms with Gasteiger partial charge >= 0.3 is 0 Å². The largest absolute Gasteiger partial charge is 0.507 e. The second-order valence-corrected chi connectivity index (χ2v) is 15.1. The van der Waals surface area contributed by atoms with E-state index >= 15 is 0 Å². The van der Waals surface area contributed by atoms with Gasteiger partial charge in [-0.3, -0.25) is 9.98 Å². The number of thiazole rings is 1. The molecule has 216 valence electrons. The third-order valence-corrected chi connectivity index (χ3v) is 8.63. The van der Waals surface area contributed by atoms with Crippen LogP contribution in [0.15, 0.2) is 77.9 Å². The van der Waals surface area contributed by atoms with E-state index in [1.165, 1.54) is 11.1 Å². The van der Waals surface area contributed by atoms with Gasteiger partial charge in [0.25, 0.3) is 0 Å². The third kappa shape index (κ3) is 6.03. The summed E-state index contributed by atoms with van der Waals surface area (Å²) < 4.78 is 1.13. The molecule has 0 aliphatic heterocycles.